The Balaban J connectivity index is 2.06. The van der Waals surface area contributed by atoms with E-state index in [1.807, 2.05) is 19.1 Å². The Kier molecular flexibility index (Phi) is 7.21. The van der Waals surface area contributed by atoms with Crippen molar-refractivity contribution < 1.29 is 9.47 Å². The van der Waals surface area contributed by atoms with Crippen LogP contribution < -0.4 is 4.74 Å². The molecule has 2 rings (SSSR count). The minimum Gasteiger partial charge on any atom is -0.494 e. The van der Waals surface area contributed by atoms with E-state index in [-0.39, 0.29) is 6.10 Å². The standard InChI is InChI=1S/C22H24O2/c1-4-14-23-18(3)8-6-7-9-19-10-11-21-17-22(24-15-5-2)13-12-20(21)16-19/h10-13,16-18H,4-5,14-15H2,1-3H3. The summed E-state index contributed by atoms with van der Waals surface area (Å²) in [5.41, 5.74) is 0.959. The van der Waals surface area contributed by atoms with Crippen molar-refractivity contribution in [2.45, 2.75) is 39.7 Å². The Morgan fingerprint density at radius 3 is 2.46 bits per heavy atom. The molecule has 0 aliphatic carbocycles. The summed E-state index contributed by atoms with van der Waals surface area (Å²) in [7, 11) is 0. The van der Waals surface area contributed by atoms with Crippen LogP contribution in [-0.2, 0) is 4.74 Å². The topological polar surface area (TPSA) is 18.5 Å². The highest BCUT2D eigenvalue weighted by Gasteiger charge is 1.98. The van der Waals surface area contributed by atoms with Gasteiger partial charge in [-0.2, -0.15) is 0 Å². The molecule has 0 aliphatic heterocycles. The van der Waals surface area contributed by atoms with Gasteiger partial charge in [0.2, 0.25) is 0 Å². The van der Waals surface area contributed by atoms with Crippen LogP contribution in [0.3, 0.4) is 0 Å². The summed E-state index contributed by atoms with van der Waals surface area (Å²) >= 11 is 0. The van der Waals surface area contributed by atoms with Crippen molar-refractivity contribution >= 4 is 10.8 Å². The van der Waals surface area contributed by atoms with Crippen molar-refractivity contribution in [2.75, 3.05) is 13.2 Å². The number of ether oxygens (including phenoxy) is 2. The fourth-order valence-electron chi connectivity index (χ4n) is 2.19. The van der Waals surface area contributed by atoms with Crippen LogP contribution >= 0.6 is 0 Å². The molecule has 0 radical (unpaired) electrons. The number of hydrogen-bond acceptors (Lipinski definition) is 2. The van der Waals surface area contributed by atoms with Crippen LogP contribution in [0.1, 0.15) is 39.2 Å². The quantitative estimate of drug-likeness (QED) is 0.712. The molecular weight excluding hydrogens is 296 g/mol. The van der Waals surface area contributed by atoms with E-state index in [2.05, 4.69) is 61.8 Å². The maximum atomic E-state index is 5.67. The normalized spacial score (nSPS) is 11.1. The lowest BCUT2D eigenvalue weighted by molar-refractivity contribution is 0.104. The predicted octanol–water partition coefficient (Wildman–Crippen LogP) is 4.80. The summed E-state index contributed by atoms with van der Waals surface area (Å²) in [6, 6.07) is 12.3. The molecule has 2 aromatic rings. The molecule has 0 amide bonds. The second-order valence-corrected chi connectivity index (χ2v) is 5.60. The molecule has 0 saturated heterocycles. The highest BCUT2D eigenvalue weighted by molar-refractivity contribution is 5.85. The average molecular weight is 320 g/mol. The number of fused-ring (bicyclic) bond motifs is 1. The molecule has 24 heavy (non-hydrogen) atoms. The van der Waals surface area contributed by atoms with Gasteiger partial charge < -0.3 is 9.47 Å². The van der Waals surface area contributed by atoms with E-state index in [0.29, 0.717) is 0 Å². The molecule has 1 atom stereocenters. The van der Waals surface area contributed by atoms with Crippen molar-refractivity contribution in [3.05, 3.63) is 42.0 Å². The molecule has 0 saturated carbocycles. The van der Waals surface area contributed by atoms with Gasteiger partial charge in [-0.1, -0.05) is 37.8 Å². The Labute approximate surface area is 145 Å². The van der Waals surface area contributed by atoms with Gasteiger partial charge in [0.05, 0.1) is 6.61 Å². The van der Waals surface area contributed by atoms with Crippen LogP contribution in [0.4, 0.5) is 0 Å². The van der Waals surface area contributed by atoms with Crippen LogP contribution in [0.5, 0.6) is 5.75 Å². The lowest BCUT2D eigenvalue weighted by atomic mass is 10.1. The fourth-order valence-corrected chi connectivity index (χ4v) is 2.19. The molecular formula is C22H24O2. The van der Waals surface area contributed by atoms with Gasteiger partial charge in [0.1, 0.15) is 11.9 Å². The molecule has 2 nitrogen and oxygen atoms in total. The Morgan fingerprint density at radius 1 is 0.917 bits per heavy atom. The van der Waals surface area contributed by atoms with E-state index >= 15 is 0 Å². The zero-order chi connectivity index (χ0) is 17.2. The Hall–Kier alpha value is -2.42. The average Bonchev–Trinajstić information content (AvgIpc) is 2.61. The lowest BCUT2D eigenvalue weighted by Crippen LogP contribution is -2.05. The summed E-state index contributed by atoms with van der Waals surface area (Å²) in [5.74, 6) is 12.8. The first-order valence-electron chi connectivity index (χ1n) is 8.52. The molecule has 1 unspecified atom stereocenters. The number of rotatable bonds is 6. The largest absolute Gasteiger partial charge is 0.494 e. The van der Waals surface area contributed by atoms with E-state index in [9.17, 15) is 0 Å². The van der Waals surface area contributed by atoms with Crippen LogP contribution in [-0.4, -0.2) is 19.3 Å². The van der Waals surface area contributed by atoms with Gasteiger partial charge >= 0.3 is 0 Å². The summed E-state index contributed by atoms with van der Waals surface area (Å²) in [6.07, 6.45) is 1.94. The lowest BCUT2D eigenvalue weighted by Gasteiger charge is -2.06. The van der Waals surface area contributed by atoms with Crippen LogP contribution in [0.15, 0.2) is 36.4 Å². The molecule has 0 bridgehead atoms. The second kappa shape index (κ2) is 9.66. The maximum Gasteiger partial charge on any atom is 0.119 e. The van der Waals surface area contributed by atoms with E-state index in [1.165, 1.54) is 0 Å². The first-order chi connectivity index (χ1) is 11.7. The highest BCUT2D eigenvalue weighted by atomic mass is 16.5. The van der Waals surface area contributed by atoms with Crippen molar-refractivity contribution in [3.63, 3.8) is 0 Å². The van der Waals surface area contributed by atoms with Crippen LogP contribution in [0.2, 0.25) is 0 Å². The van der Waals surface area contributed by atoms with Gasteiger partial charge in [-0.3, -0.25) is 0 Å². The third-order valence-corrected chi connectivity index (χ3v) is 3.40. The number of benzene rings is 2. The third kappa shape index (κ3) is 5.65. The monoisotopic (exact) mass is 320 g/mol. The smallest absolute Gasteiger partial charge is 0.119 e. The number of hydrogen-bond donors (Lipinski definition) is 0. The molecule has 124 valence electrons. The molecule has 0 N–H and O–H groups in total. The predicted molar refractivity (Wildman–Crippen MR) is 100 cm³/mol. The van der Waals surface area contributed by atoms with Crippen LogP contribution in [0, 0.1) is 23.7 Å². The summed E-state index contributed by atoms with van der Waals surface area (Å²) in [5, 5.41) is 2.31. The highest BCUT2D eigenvalue weighted by Crippen LogP contribution is 2.22. The minimum atomic E-state index is -0.0719. The summed E-state index contributed by atoms with van der Waals surface area (Å²) in [6.45, 7) is 7.61. The zero-order valence-electron chi connectivity index (χ0n) is 14.7. The van der Waals surface area contributed by atoms with Crippen LogP contribution in [0.25, 0.3) is 10.8 Å². The molecule has 2 aromatic carbocycles. The molecule has 0 spiro atoms. The van der Waals surface area contributed by atoms with E-state index in [0.717, 1.165) is 48.1 Å². The van der Waals surface area contributed by atoms with Gasteiger partial charge in [0.25, 0.3) is 0 Å². The van der Waals surface area contributed by atoms with E-state index in [4.69, 9.17) is 9.47 Å². The summed E-state index contributed by atoms with van der Waals surface area (Å²) < 4.78 is 11.2. The zero-order valence-corrected chi connectivity index (χ0v) is 14.7. The minimum absolute atomic E-state index is 0.0719. The third-order valence-electron chi connectivity index (χ3n) is 3.40. The van der Waals surface area contributed by atoms with Gasteiger partial charge in [-0.05, 0) is 66.6 Å². The Bertz CT molecular complexity index is 784. The van der Waals surface area contributed by atoms with Gasteiger partial charge in [0, 0.05) is 12.2 Å². The summed E-state index contributed by atoms with van der Waals surface area (Å²) in [4.78, 5) is 0. The second-order valence-electron chi connectivity index (χ2n) is 5.60. The molecule has 0 heterocycles. The molecule has 0 aliphatic rings. The molecule has 2 heteroatoms. The van der Waals surface area contributed by atoms with Crippen molar-refractivity contribution in [3.8, 4) is 29.4 Å². The van der Waals surface area contributed by atoms with E-state index < -0.39 is 0 Å². The first kappa shape index (κ1) is 17.9. The maximum absolute atomic E-state index is 5.67. The van der Waals surface area contributed by atoms with Crippen molar-refractivity contribution in [1.82, 2.24) is 0 Å². The van der Waals surface area contributed by atoms with Gasteiger partial charge in [0.15, 0.2) is 0 Å². The molecule has 0 fully saturated rings. The molecule has 0 aromatic heterocycles. The fraction of sp³-hybridized carbons (Fsp3) is 0.364. The van der Waals surface area contributed by atoms with Crippen molar-refractivity contribution in [1.29, 1.82) is 0 Å². The first-order valence-corrected chi connectivity index (χ1v) is 8.52. The van der Waals surface area contributed by atoms with Gasteiger partial charge in [-0.15, -0.1) is 0 Å². The van der Waals surface area contributed by atoms with E-state index in [1.54, 1.807) is 0 Å². The van der Waals surface area contributed by atoms with Crippen molar-refractivity contribution in [2.24, 2.45) is 0 Å². The van der Waals surface area contributed by atoms with Gasteiger partial charge in [-0.25, -0.2) is 0 Å². The Morgan fingerprint density at radius 2 is 1.67 bits per heavy atom. The SMILES string of the molecule is CCCOc1ccc2cc(C#CC#CC(C)OCCC)ccc2c1.